The summed E-state index contributed by atoms with van der Waals surface area (Å²) in [6.45, 7) is 6.31. The van der Waals surface area contributed by atoms with Crippen LogP contribution in [0.4, 0.5) is 0 Å². The van der Waals surface area contributed by atoms with Crippen molar-refractivity contribution in [2.75, 3.05) is 0 Å². The molecule has 4 nitrogen and oxygen atoms in total. The van der Waals surface area contributed by atoms with Crippen LogP contribution in [-0.4, -0.2) is 21.0 Å². The van der Waals surface area contributed by atoms with Crippen molar-refractivity contribution in [1.82, 2.24) is 9.97 Å². The molecule has 4 heteroatoms. The highest BCUT2D eigenvalue weighted by Gasteiger charge is 2.28. The smallest absolute Gasteiger partial charge is 0.306 e. The van der Waals surface area contributed by atoms with Gasteiger partial charge in [-0.25, -0.2) is 4.98 Å². The molecule has 0 amide bonds. The van der Waals surface area contributed by atoms with Crippen LogP contribution in [0.5, 0.6) is 0 Å². The molecule has 1 aliphatic carbocycles. The lowest BCUT2D eigenvalue weighted by Gasteiger charge is -2.16. The van der Waals surface area contributed by atoms with Crippen molar-refractivity contribution in [3.05, 3.63) is 17.2 Å². The molecular formula is C12H18N2O2. The van der Waals surface area contributed by atoms with Crippen molar-refractivity contribution in [1.29, 1.82) is 0 Å². The number of fused-ring (bicyclic) bond motifs is 1. The Bertz CT molecular complexity index is 415. The first kappa shape index (κ1) is 11.2. The Labute approximate surface area is 95.1 Å². The number of aryl methyl sites for hydroxylation is 1. The van der Waals surface area contributed by atoms with E-state index in [-0.39, 0.29) is 11.3 Å². The van der Waals surface area contributed by atoms with E-state index < -0.39 is 5.97 Å². The van der Waals surface area contributed by atoms with Gasteiger partial charge in [0.15, 0.2) is 0 Å². The quantitative estimate of drug-likeness (QED) is 0.762. The molecule has 1 aromatic rings. The van der Waals surface area contributed by atoms with Gasteiger partial charge in [-0.05, 0) is 12.8 Å². The number of hydrogen-bond acceptors (Lipinski definition) is 2. The molecule has 2 rings (SSSR count). The lowest BCUT2D eigenvalue weighted by Crippen LogP contribution is -2.22. The number of aliphatic carboxylic acids is 1. The minimum Gasteiger partial charge on any atom is -0.481 e. The summed E-state index contributed by atoms with van der Waals surface area (Å²) in [6.07, 6.45) is 2.07. The van der Waals surface area contributed by atoms with Crippen LogP contribution < -0.4 is 0 Å². The number of H-pyrrole nitrogens is 1. The van der Waals surface area contributed by atoms with Gasteiger partial charge in [-0.2, -0.15) is 0 Å². The van der Waals surface area contributed by atoms with E-state index in [0.717, 1.165) is 23.6 Å². The second-order valence-corrected chi connectivity index (χ2v) is 5.54. The topological polar surface area (TPSA) is 66.0 Å². The number of aromatic nitrogens is 2. The van der Waals surface area contributed by atoms with Crippen molar-refractivity contribution in [3.63, 3.8) is 0 Å². The summed E-state index contributed by atoms with van der Waals surface area (Å²) in [5.74, 6) is 0.0156. The molecule has 0 saturated carbocycles. The van der Waals surface area contributed by atoms with Gasteiger partial charge < -0.3 is 10.1 Å². The monoisotopic (exact) mass is 222 g/mol. The number of hydrogen-bond donors (Lipinski definition) is 2. The van der Waals surface area contributed by atoms with Crippen LogP contribution in [0.15, 0.2) is 0 Å². The zero-order valence-electron chi connectivity index (χ0n) is 10.0. The van der Waals surface area contributed by atoms with E-state index in [4.69, 9.17) is 5.11 Å². The maximum atomic E-state index is 10.9. The summed E-state index contributed by atoms with van der Waals surface area (Å²) in [5, 5.41) is 9.00. The fourth-order valence-corrected chi connectivity index (χ4v) is 2.05. The van der Waals surface area contributed by atoms with Crippen LogP contribution in [0, 0.1) is 5.92 Å². The fraction of sp³-hybridized carbons (Fsp3) is 0.667. The molecule has 0 saturated heterocycles. The summed E-state index contributed by atoms with van der Waals surface area (Å²) < 4.78 is 0. The van der Waals surface area contributed by atoms with Crippen LogP contribution >= 0.6 is 0 Å². The Kier molecular flexibility index (Phi) is 2.52. The molecule has 1 aromatic heterocycles. The molecule has 0 aliphatic heterocycles. The average Bonchev–Trinajstić information content (AvgIpc) is 2.58. The van der Waals surface area contributed by atoms with Gasteiger partial charge >= 0.3 is 5.97 Å². The van der Waals surface area contributed by atoms with E-state index in [9.17, 15) is 4.79 Å². The van der Waals surface area contributed by atoms with Crippen LogP contribution in [0.2, 0.25) is 0 Å². The van der Waals surface area contributed by atoms with Gasteiger partial charge in [0, 0.05) is 17.5 Å². The van der Waals surface area contributed by atoms with Crippen molar-refractivity contribution < 1.29 is 9.90 Å². The number of nitrogens with zero attached hydrogens (tertiary/aromatic N) is 1. The highest BCUT2D eigenvalue weighted by molar-refractivity contribution is 5.70. The summed E-state index contributed by atoms with van der Waals surface area (Å²) >= 11 is 0. The van der Waals surface area contributed by atoms with Crippen LogP contribution in [0.25, 0.3) is 0 Å². The van der Waals surface area contributed by atoms with Crippen molar-refractivity contribution in [3.8, 4) is 0 Å². The van der Waals surface area contributed by atoms with Gasteiger partial charge in [-0.3, -0.25) is 4.79 Å². The number of rotatable bonds is 1. The standard InChI is InChI=1S/C12H18N2O2/c1-12(2,3)11-13-8-5-4-7(10(15)16)6-9(8)14-11/h7H,4-6H2,1-3H3,(H,13,14)(H,15,16). The lowest BCUT2D eigenvalue weighted by atomic mass is 9.90. The minimum absolute atomic E-state index is 0.00391. The summed E-state index contributed by atoms with van der Waals surface area (Å²) in [7, 11) is 0. The molecule has 0 radical (unpaired) electrons. The number of nitrogens with one attached hydrogen (secondary N) is 1. The minimum atomic E-state index is -0.697. The number of carbonyl (C=O) groups is 1. The molecular weight excluding hydrogens is 204 g/mol. The van der Waals surface area contributed by atoms with Crippen molar-refractivity contribution >= 4 is 5.97 Å². The molecule has 0 bridgehead atoms. The Hall–Kier alpha value is -1.32. The van der Waals surface area contributed by atoms with E-state index in [2.05, 4.69) is 30.7 Å². The largest absolute Gasteiger partial charge is 0.481 e. The van der Waals surface area contributed by atoms with Gasteiger partial charge in [-0.15, -0.1) is 0 Å². The number of aromatic amines is 1. The first-order valence-electron chi connectivity index (χ1n) is 5.69. The molecule has 1 heterocycles. The Balaban J connectivity index is 2.27. The molecule has 0 aromatic carbocycles. The molecule has 0 fully saturated rings. The zero-order valence-corrected chi connectivity index (χ0v) is 10.0. The normalized spacial score (nSPS) is 20.6. The zero-order chi connectivity index (χ0) is 11.9. The highest BCUT2D eigenvalue weighted by Crippen LogP contribution is 2.27. The Morgan fingerprint density at radius 3 is 2.75 bits per heavy atom. The average molecular weight is 222 g/mol. The fourth-order valence-electron chi connectivity index (χ4n) is 2.05. The maximum Gasteiger partial charge on any atom is 0.306 e. The Morgan fingerprint density at radius 1 is 1.50 bits per heavy atom. The maximum absolute atomic E-state index is 10.9. The number of carboxylic acids is 1. The van der Waals surface area contributed by atoms with Crippen molar-refractivity contribution in [2.45, 2.75) is 45.4 Å². The summed E-state index contributed by atoms with van der Waals surface area (Å²) in [6, 6.07) is 0. The lowest BCUT2D eigenvalue weighted by molar-refractivity contribution is -0.142. The third-order valence-electron chi connectivity index (χ3n) is 3.10. The molecule has 1 aliphatic rings. The van der Waals surface area contributed by atoms with Gasteiger partial charge in [0.25, 0.3) is 0 Å². The van der Waals surface area contributed by atoms with E-state index in [1.54, 1.807) is 0 Å². The predicted molar refractivity (Wildman–Crippen MR) is 60.4 cm³/mol. The summed E-state index contributed by atoms with van der Waals surface area (Å²) in [5.41, 5.74) is 2.07. The van der Waals surface area contributed by atoms with Gasteiger partial charge in [-0.1, -0.05) is 20.8 Å². The second kappa shape index (κ2) is 3.61. The van der Waals surface area contributed by atoms with E-state index >= 15 is 0 Å². The molecule has 1 atom stereocenters. The first-order chi connectivity index (χ1) is 7.38. The van der Waals surface area contributed by atoms with Crippen molar-refractivity contribution in [2.24, 2.45) is 5.92 Å². The second-order valence-electron chi connectivity index (χ2n) is 5.54. The van der Waals surface area contributed by atoms with E-state index in [1.807, 2.05) is 0 Å². The predicted octanol–water partition coefficient (Wildman–Crippen LogP) is 1.90. The van der Waals surface area contributed by atoms with E-state index in [1.165, 1.54) is 0 Å². The van der Waals surface area contributed by atoms with Crippen LogP contribution in [0.1, 0.15) is 44.4 Å². The molecule has 16 heavy (non-hydrogen) atoms. The highest BCUT2D eigenvalue weighted by atomic mass is 16.4. The SMILES string of the molecule is CC(C)(C)c1nc2c([nH]1)CC(C(=O)O)CC2. The molecule has 0 spiro atoms. The van der Waals surface area contributed by atoms with Gasteiger partial charge in [0.05, 0.1) is 11.6 Å². The first-order valence-corrected chi connectivity index (χ1v) is 5.69. The molecule has 2 N–H and O–H groups in total. The summed E-state index contributed by atoms with van der Waals surface area (Å²) in [4.78, 5) is 18.8. The molecule has 88 valence electrons. The molecule has 1 unspecified atom stereocenters. The van der Waals surface area contributed by atoms with E-state index in [0.29, 0.717) is 12.8 Å². The van der Waals surface area contributed by atoms with Gasteiger partial charge in [0.1, 0.15) is 5.82 Å². The Morgan fingerprint density at radius 2 is 2.19 bits per heavy atom. The number of carboxylic acid groups (broad SMARTS) is 1. The van der Waals surface area contributed by atoms with Gasteiger partial charge in [0.2, 0.25) is 0 Å². The number of imidazole rings is 1. The third-order valence-corrected chi connectivity index (χ3v) is 3.10. The van der Waals surface area contributed by atoms with Crippen LogP contribution in [0.3, 0.4) is 0 Å². The van der Waals surface area contributed by atoms with Crippen LogP contribution in [-0.2, 0) is 23.1 Å². The third kappa shape index (κ3) is 1.96.